The lowest BCUT2D eigenvalue weighted by Gasteiger charge is -2.16. The van der Waals surface area contributed by atoms with Gasteiger partial charge in [0, 0.05) is 4.91 Å². The van der Waals surface area contributed by atoms with Crippen LogP contribution >= 0.6 is 0 Å². The van der Waals surface area contributed by atoms with Crippen LogP contribution in [0.5, 0.6) is 0 Å². The third kappa shape index (κ3) is 1.87. The fourth-order valence-electron chi connectivity index (χ4n) is 1.63. The van der Waals surface area contributed by atoms with E-state index in [1.807, 2.05) is 6.07 Å². The molecule has 0 aliphatic carbocycles. The van der Waals surface area contributed by atoms with Gasteiger partial charge in [0.15, 0.2) is 0 Å². The Morgan fingerprint density at radius 3 is 3.21 bits per heavy atom. The highest BCUT2D eigenvalue weighted by molar-refractivity contribution is 5.32. The first kappa shape index (κ1) is 9.06. The Morgan fingerprint density at radius 2 is 2.36 bits per heavy atom. The lowest BCUT2D eigenvalue weighted by molar-refractivity contribution is 0.110. The average Bonchev–Trinajstić information content (AvgIpc) is 2.26. The Balaban J connectivity index is 2.24. The zero-order valence-electron chi connectivity index (χ0n) is 7.81. The van der Waals surface area contributed by atoms with Crippen LogP contribution in [0.2, 0.25) is 0 Å². The minimum atomic E-state index is 0.435. The van der Waals surface area contributed by atoms with Gasteiger partial charge in [-0.05, 0) is 28.6 Å². The molecule has 0 aromatic heterocycles. The molecule has 1 aromatic carbocycles. The maximum atomic E-state index is 8.20. The van der Waals surface area contributed by atoms with Gasteiger partial charge >= 0.3 is 0 Å². The highest BCUT2D eigenvalue weighted by atomic mass is 16.5. The van der Waals surface area contributed by atoms with E-state index in [0.717, 1.165) is 18.6 Å². The lowest BCUT2D eigenvalue weighted by Crippen LogP contribution is -2.09. The van der Waals surface area contributed by atoms with Gasteiger partial charge in [0.1, 0.15) is 0 Å². The fraction of sp³-hybridized carbons (Fsp3) is 0.400. The van der Waals surface area contributed by atoms with Crippen molar-refractivity contribution in [3.63, 3.8) is 0 Å². The van der Waals surface area contributed by atoms with Crippen LogP contribution in [0.1, 0.15) is 16.7 Å². The summed E-state index contributed by atoms with van der Waals surface area (Å²) in [6, 6.07) is 6.14. The van der Waals surface area contributed by atoms with Gasteiger partial charge < -0.3 is 4.74 Å². The second-order valence-electron chi connectivity index (χ2n) is 3.29. The molecule has 1 aromatic rings. The summed E-state index contributed by atoms with van der Waals surface area (Å²) in [6.07, 6.45) is 0.958. The standard InChI is InChI=1S/C10H11N3O/c11-13-12-6-8-1-2-10-7-14-4-3-9(10)5-8/h1-2,5H,3-4,6-7H2. The number of ether oxygens (including phenoxy) is 1. The molecule has 0 saturated heterocycles. The molecule has 2 rings (SSSR count). The molecule has 4 heteroatoms. The summed E-state index contributed by atoms with van der Waals surface area (Å²) in [6.45, 7) is 1.93. The van der Waals surface area contributed by atoms with E-state index in [0.29, 0.717) is 13.2 Å². The van der Waals surface area contributed by atoms with Crippen LogP contribution in [0.25, 0.3) is 10.4 Å². The van der Waals surface area contributed by atoms with Gasteiger partial charge in [-0.1, -0.05) is 23.3 Å². The summed E-state index contributed by atoms with van der Waals surface area (Å²) in [5.74, 6) is 0. The number of nitrogens with zero attached hydrogens (tertiary/aromatic N) is 3. The van der Waals surface area contributed by atoms with Crippen molar-refractivity contribution in [2.75, 3.05) is 6.61 Å². The number of hydrogen-bond acceptors (Lipinski definition) is 2. The lowest BCUT2D eigenvalue weighted by atomic mass is 10.0. The van der Waals surface area contributed by atoms with Crippen molar-refractivity contribution in [3.8, 4) is 0 Å². The summed E-state index contributed by atoms with van der Waals surface area (Å²) in [5, 5.41) is 3.54. The van der Waals surface area contributed by atoms with E-state index in [-0.39, 0.29) is 0 Å². The van der Waals surface area contributed by atoms with Crippen molar-refractivity contribution in [1.82, 2.24) is 0 Å². The van der Waals surface area contributed by atoms with Gasteiger partial charge in [0.05, 0.1) is 19.8 Å². The zero-order chi connectivity index (χ0) is 9.80. The predicted octanol–water partition coefficient (Wildman–Crippen LogP) is 2.57. The van der Waals surface area contributed by atoms with Crippen molar-refractivity contribution in [1.29, 1.82) is 0 Å². The molecule has 0 radical (unpaired) electrons. The Bertz CT molecular complexity index is 383. The molecule has 0 fully saturated rings. The van der Waals surface area contributed by atoms with E-state index >= 15 is 0 Å². The Morgan fingerprint density at radius 1 is 1.43 bits per heavy atom. The van der Waals surface area contributed by atoms with Crippen molar-refractivity contribution in [3.05, 3.63) is 45.3 Å². The number of benzene rings is 1. The number of rotatable bonds is 2. The largest absolute Gasteiger partial charge is 0.376 e. The van der Waals surface area contributed by atoms with Crippen molar-refractivity contribution in [2.45, 2.75) is 19.6 Å². The molecule has 4 nitrogen and oxygen atoms in total. The van der Waals surface area contributed by atoms with E-state index in [9.17, 15) is 0 Å². The quantitative estimate of drug-likeness (QED) is 0.400. The Hall–Kier alpha value is -1.51. The summed E-state index contributed by atoms with van der Waals surface area (Å²) >= 11 is 0. The summed E-state index contributed by atoms with van der Waals surface area (Å²) in [4.78, 5) is 2.74. The maximum absolute atomic E-state index is 8.20. The molecule has 0 saturated carbocycles. The zero-order valence-corrected chi connectivity index (χ0v) is 7.81. The molecular formula is C10H11N3O. The molecule has 0 unspecified atom stereocenters. The van der Waals surface area contributed by atoms with Crippen LogP contribution in [0.15, 0.2) is 23.3 Å². The summed E-state index contributed by atoms with van der Waals surface area (Å²) < 4.78 is 5.33. The van der Waals surface area contributed by atoms with Crippen LogP contribution in [-0.4, -0.2) is 6.61 Å². The van der Waals surface area contributed by atoms with Crippen molar-refractivity contribution < 1.29 is 4.74 Å². The second kappa shape index (κ2) is 4.13. The minimum Gasteiger partial charge on any atom is -0.376 e. The molecule has 14 heavy (non-hydrogen) atoms. The molecule has 0 amide bonds. The third-order valence-corrected chi connectivity index (χ3v) is 2.36. The topological polar surface area (TPSA) is 58.0 Å². The van der Waals surface area contributed by atoms with Crippen LogP contribution in [0.4, 0.5) is 0 Å². The van der Waals surface area contributed by atoms with Gasteiger partial charge in [0.25, 0.3) is 0 Å². The van der Waals surface area contributed by atoms with E-state index in [1.165, 1.54) is 11.1 Å². The first-order chi connectivity index (χ1) is 6.90. The Kier molecular flexibility index (Phi) is 2.68. The fourth-order valence-corrected chi connectivity index (χ4v) is 1.63. The first-order valence-corrected chi connectivity index (χ1v) is 4.59. The van der Waals surface area contributed by atoms with E-state index < -0.39 is 0 Å². The SMILES string of the molecule is [N-]=[N+]=NCc1ccc2c(c1)CCOC2. The minimum absolute atomic E-state index is 0.435. The van der Waals surface area contributed by atoms with E-state index in [4.69, 9.17) is 10.3 Å². The van der Waals surface area contributed by atoms with Gasteiger partial charge in [-0.2, -0.15) is 0 Å². The average molecular weight is 189 g/mol. The highest BCUT2D eigenvalue weighted by Crippen LogP contribution is 2.18. The molecule has 0 atom stereocenters. The van der Waals surface area contributed by atoms with Gasteiger partial charge in [0.2, 0.25) is 0 Å². The second-order valence-corrected chi connectivity index (χ2v) is 3.29. The Labute approximate surface area is 82.1 Å². The van der Waals surface area contributed by atoms with E-state index in [1.54, 1.807) is 0 Å². The third-order valence-electron chi connectivity index (χ3n) is 2.36. The van der Waals surface area contributed by atoms with Gasteiger partial charge in [-0.25, -0.2) is 0 Å². The molecular weight excluding hydrogens is 178 g/mol. The predicted molar refractivity (Wildman–Crippen MR) is 52.7 cm³/mol. The smallest absolute Gasteiger partial charge is 0.0719 e. The maximum Gasteiger partial charge on any atom is 0.0719 e. The van der Waals surface area contributed by atoms with Gasteiger partial charge in [-0.3, -0.25) is 0 Å². The number of azide groups is 1. The van der Waals surface area contributed by atoms with Crippen molar-refractivity contribution >= 4 is 0 Å². The molecule has 72 valence electrons. The van der Waals surface area contributed by atoms with Crippen LogP contribution in [0, 0.1) is 0 Å². The molecule has 1 heterocycles. The van der Waals surface area contributed by atoms with Crippen molar-refractivity contribution in [2.24, 2.45) is 5.11 Å². The van der Waals surface area contributed by atoms with Gasteiger partial charge in [-0.15, -0.1) is 0 Å². The molecule has 1 aliphatic heterocycles. The van der Waals surface area contributed by atoms with Crippen LogP contribution in [-0.2, 0) is 24.3 Å². The molecule has 0 spiro atoms. The number of fused-ring (bicyclic) bond motifs is 1. The number of hydrogen-bond donors (Lipinski definition) is 0. The highest BCUT2D eigenvalue weighted by Gasteiger charge is 2.08. The normalized spacial score (nSPS) is 14.3. The monoisotopic (exact) mass is 189 g/mol. The van der Waals surface area contributed by atoms with Crippen LogP contribution < -0.4 is 0 Å². The molecule has 0 bridgehead atoms. The molecule has 1 aliphatic rings. The summed E-state index contributed by atoms with van der Waals surface area (Å²) in [5.41, 5.74) is 11.8. The van der Waals surface area contributed by atoms with E-state index in [2.05, 4.69) is 22.2 Å². The summed E-state index contributed by atoms with van der Waals surface area (Å²) in [7, 11) is 0. The first-order valence-electron chi connectivity index (χ1n) is 4.59. The molecule has 0 N–H and O–H groups in total. The van der Waals surface area contributed by atoms with Crippen LogP contribution in [0.3, 0.4) is 0 Å².